The first-order valence-corrected chi connectivity index (χ1v) is 7.78. The molecule has 0 saturated carbocycles. The topological polar surface area (TPSA) is 74.5 Å². The maximum atomic E-state index is 12.3. The van der Waals surface area contributed by atoms with Crippen LogP contribution < -0.4 is 4.74 Å². The Morgan fingerprint density at radius 3 is 2.78 bits per heavy atom. The lowest BCUT2D eigenvalue weighted by Crippen LogP contribution is -2.10. The highest BCUT2D eigenvalue weighted by atomic mass is 32.1. The number of benzene rings is 1. The summed E-state index contributed by atoms with van der Waals surface area (Å²) in [6, 6.07) is 10.6. The lowest BCUT2D eigenvalue weighted by atomic mass is 10.2. The van der Waals surface area contributed by atoms with Gasteiger partial charge in [-0.25, -0.2) is 4.79 Å². The van der Waals surface area contributed by atoms with Gasteiger partial charge in [-0.3, -0.25) is 0 Å². The van der Waals surface area contributed by atoms with Gasteiger partial charge in [0.2, 0.25) is 0 Å². The summed E-state index contributed by atoms with van der Waals surface area (Å²) in [4.78, 5) is 13.1. The van der Waals surface area contributed by atoms with Crippen molar-refractivity contribution >= 4 is 17.3 Å². The molecule has 3 aromatic rings. The number of nitrogens with zero attached hydrogens (tertiary/aromatic N) is 2. The van der Waals surface area contributed by atoms with Crippen LogP contribution in [0.3, 0.4) is 0 Å². The normalized spacial score (nSPS) is 11.9. The molecule has 23 heavy (non-hydrogen) atoms. The van der Waals surface area contributed by atoms with E-state index in [2.05, 4.69) is 10.2 Å². The summed E-state index contributed by atoms with van der Waals surface area (Å²) in [5, 5.41) is 9.84. The molecule has 2 aromatic heterocycles. The molecule has 0 radical (unpaired) electrons. The molecule has 0 unspecified atom stereocenters. The molecule has 0 spiro atoms. The fraction of sp³-hybridized carbons (Fsp3) is 0.188. The fourth-order valence-corrected chi connectivity index (χ4v) is 2.63. The number of rotatable bonds is 5. The van der Waals surface area contributed by atoms with Gasteiger partial charge in [0, 0.05) is 0 Å². The molecule has 0 fully saturated rings. The van der Waals surface area contributed by atoms with Crippen LogP contribution in [0.25, 0.3) is 10.8 Å². The van der Waals surface area contributed by atoms with Crippen LogP contribution in [-0.2, 0) is 4.74 Å². The average molecular weight is 330 g/mol. The number of hydrogen-bond donors (Lipinski definition) is 0. The van der Waals surface area contributed by atoms with Crippen LogP contribution in [0.4, 0.5) is 0 Å². The molecule has 0 bridgehead atoms. The molecule has 0 amide bonds. The van der Waals surface area contributed by atoms with Gasteiger partial charge < -0.3 is 13.9 Å². The van der Waals surface area contributed by atoms with Crippen molar-refractivity contribution in [3.05, 3.63) is 53.2 Å². The molecule has 0 N–H and O–H groups in total. The van der Waals surface area contributed by atoms with Crippen molar-refractivity contribution in [1.82, 2.24) is 10.2 Å². The van der Waals surface area contributed by atoms with Crippen LogP contribution in [0.1, 0.15) is 29.3 Å². The quantitative estimate of drug-likeness (QED) is 0.664. The number of ether oxygens (including phenoxy) is 2. The van der Waals surface area contributed by atoms with E-state index in [0.717, 1.165) is 4.88 Å². The number of methoxy groups -OCH3 is 1. The van der Waals surface area contributed by atoms with Crippen LogP contribution in [0.2, 0.25) is 0 Å². The molecular formula is C16H14N2O4S. The van der Waals surface area contributed by atoms with E-state index in [1.165, 1.54) is 18.4 Å². The molecule has 6 nitrogen and oxygen atoms in total. The first-order valence-electron chi connectivity index (χ1n) is 6.90. The third-order valence-electron chi connectivity index (χ3n) is 3.13. The molecule has 3 rings (SSSR count). The van der Waals surface area contributed by atoms with Crippen molar-refractivity contribution < 1.29 is 18.7 Å². The van der Waals surface area contributed by atoms with Crippen LogP contribution in [0.5, 0.6) is 5.75 Å². The summed E-state index contributed by atoms with van der Waals surface area (Å²) in [5.74, 6) is 0.604. The Labute approximate surface area is 136 Å². The van der Waals surface area contributed by atoms with Crippen molar-refractivity contribution in [3.63, 3.8) is 0 Å². The highest BCUT2D eigenvalue weighted by Gasteiger charge is 2.21. The predicted octanol–water partition coefficient (Wildman–Crippen LogP) is 3.72. The Hall–Kier alpha value is -2.67. The van der Waals surface area contributed by atoms with E-state index in [4.69, 9.17) is 13.9 Å². The minimum atomic E-state index is -0.659. The van der Waals surface area contributed by atoms with Gasteiger partial charge in [-0.15, -0.1) is 21.5 Å². The Morgan fingerprint density at radius 1 is 1.22 bits per heavy atom. The first kappa shape index (κ1) is 15.2. The SMILES string of the molecule is COc1ccccc1C(=O)O[C@@H](C)c1nnc(-c2cccs2)o1. The molecule has 7 heteroatoms. The summed E-state index contributed by atoms with van der Waals surface area (Å²) in [6.07, 6.45) is -0.659. The lowest BCUT2D eigenvalue weighted by molar-refractivity contribution is 0.0276. The van der Waals surface area contributed by atoms with Gasteiger partial charge in [0.25, 0.3) is 11.8 Å². The number of thiophene rings is 1. The summed E-state index contributed by atoms with van der Waals surface area (Å²) in [7, 11) is 1.50. The average Bonchev–Trinajstić information content (AvgIpc) is 3.25. The second-order valence-electron chi connectivity index (χ2n) is 4.67. The standard InChI is InChI=1S/C16H14N2O4S/c1-10(14-17-18-15(22-14)13-8-5-9-23-13)21-16(19)11-6-3-4-7-12(11)20-2/h3-10H,1-2H3/t10-/m0/s1. The number of carbonyl (C=O) groups is 1. The molecule has 0 aliphatic rings. The fourth-order valence-electron chi connectivity index (χ4n) is 1.99. The number of hydrogen-bond acceptors (Lipinski definition) is 7. The van der Waals surface area contributed by atoms with Crippen molar-refractivity contribution in [2.24, 2.45) is 0 Å². The number of esters is 1. The molecule has 118 valence electrons. The molecule has 2 heterocycles. The van der Waals surface area contributed by atoms with Gasteiger partial charge in [-0.2, -0.15) is 0 Å². The monoisotopic (exact) mass is 330 g/mol. The Kier molecular flexibility index (Phi) is 4.38. The maximum absolute atomic E-state index is 12.3. The molecule has 1 aromatic carbocycles. The smallest absolute Gasteiger partial charge is 0.342 e. The maximum Gasteiger partial charge on any atom is 0.342 e. The second-order valence-corrected chi connectivity index (χ2v) is 5.62. The van der Waals surface area contributed by atoms with E-state index >= 15 is 0 Å². The zero-order valence-electron chi connectivity index (χ0n) is 12.6. The second kappa shape index (κ2) is 6.62. The molecule has 1 atom stereocenters. The lowest BCUT2D eigenvalue weighted by Gasteiger charge is -2.11. The third kappa shape index (κ3) is 3.24. The van der Waals surface area contributed by atoms with Crippen LogP contribution in [-0.4, -0.2) is 23.3 Å². The third-order valence-corrected chi connectivity index (χ3v) is 3.99. The van der Waals surface area contributed by atoms with Crippen LogP contribution >= 0.6 is 11.3 Å². The number of carbonyl (C=O) groups excluding carboxylic acids is 1. The van der Waals surface area contributed by atoms with E-state index < -0.39 is 12.1 Å². The van der Waals surface area contributed by atoms with Crippen molar-refractivity contribution in [3.8, 4) is 16.5 Å². The first-order chi connectivity index (χ1) is 11.2. The summed E-state index contributed by atoms with van der Waals surface area (Å²) in [6.45, 7) is 1.68. The van der Waals surface area contributed by atoms with Crippen molar-refractivity contribution in [1.29, 1.82) is 0 Å². The zero-order valence-corrected chi connectivity index (χ0v) is 13.4. The Bertz CT molecular complexity index is 798. The van der Waals surface area contributed by atoms with Gasteiger partial charge >= 0.3 is 5.97 Å². The van der Waals surface area contributed by atoms with Gasteiger partial charge in [-0.05, 0) is 30.5 Å². The minimum absolute atomic E-state index is 0.247. The summed E-state index contributed by atoms with van der Waals surface area (Å²) in [5.41, 5.74) is 0.347. The molecule has 0 aliphatic heterocycles. The van der Waals surface area contributed by atoms with Crippen LogP contribution in [0.15, 0.2) is 46.2 Å². The summed E-state index contributed by atoms with van der Waals surface area (Å²) >= 11 is 1.50. The predicted molar refractivity (Wildman–Crippen MR) is 84.4 cm³/mol. The van der Waals surface area contributed by atoms with Gasteiger partial charge in [0.15, 0.2) is 6.10 Å². The summed E-state index contributed by atoms with van der Waals surface area (Å²) < 4.78 is 16.1. The number of para-hydroxylation sites is 1. The van der Waals surface area contributed by atoms with Gasteiger partial charge in [0.1, 0.15) is 11.3 Å². The minimum Gasteiger partial charge on any atom is -0.496 e. The van der Waals surface area contributed by atoms with E-state index in [1.54, 1.807) is 31.2 Å². The van der Waals surface area contributed by atoms with E-state index in [-0.39, 0.29) is 5.89 Å². The van der Waals surface area contributed by atoms with Crippen molar-refractivity contribution in [2.45, 2.75) is 13.0 Å². The van der Waals surface area contributed by atoms with Gasteiger partial charge in [-0.1, -0.05) is 18.2 Å². The highest BCUT2D eigenvalue weighted by Crippen LogP contribution is 2.27. The van der Waals surface area contributed by atoms with E-state index in [9.17, 15) is 4.79 Å². The highest BCUT2D eigenvalue weighted by molar-refractivity contribution is 7.13. The van der Waals surface area contributed by atoms with E-state index in [0.29, 0.717) is 17.2 Å². The van der Waals surface area contributed by atoms with Crippen molar-refractivity contribution in [2.75, 3.05) is 7.11 Å². The van der Waals surface area contributed by atoms with Gasteiger partial charge in [0.05, 0.1) is 12.0 Å². The van der Waals surface area contributed by atoms with E-state index in [1.807, 2.05) is 17.5 Å². The molecule has 0 saturated heterocycles. The molecule has 0 aliphatic carbocycles. The van der Waals surface area contributed by atoms with Crippen LogP contribution in [0, 0.1) is 0 Å². The molecular weight excluding hydrogens is 316 g/mol. The number of aromatic nitrogens is 2. The zero-order chi connectivity index (χ0) is 16.2. The Morgan fingerprint density at radius 2 is 2.04 bits per heavy atom. The largest absolute Gasteiger partial charge is 0.496 e. The Balaban J connectivity index is 1.74.